The molecule has 0 aliphatic heterocycles. The molecule has 114 valence electrons. The van der Waals surface area contributed by atoms with Crippen LogP contribution >= 0.6 is 0 Å². The predicted molar refractivity (Wildman–Crippen MR) is 78.7 cm³/mol. The van der Waals surface area contributed by atoms with E-state index in [1.54, 1.807) is 26.0 Å². The summed E-state index contributed by atoms with van der Waals surface area (Å²) in [6, 6.07) is 10.3. The molecule has 22 heavy (non-hydrogen) atoms. The van der Waals surface area contributed by atoms with E-state index in [4.69, 9.17) is 8.83 Å². The third-order valence-corrected chi connectivity index (χ3v) is 4.38. The highest BCUT2D eigenvalue weighted by atomic mass is 32.2. The van der Waals surface area contributed by atoms with Gasteiger partial charge in [-0.1, -0.05) is 23.3 Å². The first-order valence-corrected chi connectivity index (χ1v) is 7.93. The molecule has 0 bridgehead atoms. The Labute approximate surface area is 127 Å². The minimum absolute atomic E-state index is 0.0458. The van der Waals surface area contributed by atoms with Gasteiger partial charge >= 0.3 is 6.01 Å². The zero-order valence-corrected chi connectivity index (χ0v) is 12.7. The van der Waals surface area contributed by atoms with Crippen molar-refractivity contribution in [3.8, 4) is 11.5 Å². The number of sulfonamides is 1. The van der Waals surface area contributed by atoms with Gasteiger partial charge in [0.05, 0.1) is 0 Å². The third kappa shape index (κ3) is 2.73. The lowest BCUT2D eigenvalue weighted by Gasteiger charge is -2.01. The molecule has 0 amide bonds. The molecule has 2 heterocycles. The van der Waals surface area contributed by atoms with Gasteiger partial charge in [0, 0.05) is 11.6 Å². The maximum atomic E-state index is 12.3. The quantitative estimate of drug-likeness (QED) is 0.794. The molecular formula is C14H13N3O4S. The van der Waals surface area contributed by atoms with Crippen molar-refractivity contribution >= 4 is 16.0 Å². The zero-order chi connectivity index (χ0) is 15.7. The second kappa shape index (κ2) is 5.30. The molecule has 0 saturated heterocycles. The van der Waals surface area contributed by atoms with Gasteiger partial charge in [-0.05, 0) is 26.0 Å². The van der Waals surface area contributed by atoms with Crippen LogP contribution in [0.25, 0.3) is 11.5 Å². The number of nitrogens with one attached hydrogen (secondary N) is 1. The van der Waals surface area contributed by atoms with E-state index in [2.05, 4.69) is 14.9 Å². The minimum atomic E-state index is -3.83. The van der Waals surface area contributed by atoms with Gasteiger partial charge in [-0.15, -0.1) is 5.10 Å². The lowest BCUT2D eigenvalue weighted by Crippen LogP contribution is -2.13. The molecule has 0 aliphatic rings. The van der Waals surface area contributed by atoms with Gasteiger partial charge in [0.1, 0.15) is 16.4 Å². The van der Waals surface area contributed by atoms with Crippen LogP contribution < -0.4 is 4.72 Å². The standard InChI is InChI=1S/C14H13N3O4S/c1-9-8-12(10(2)20-9)22(18,19)17-14-16-15-13(21-14)11-6-4-3-5-7-11/h3-8H,1-2H3,(H,16,17). The summed E-state index contributed by atoms with van der Waals surface area (Å²) in [5, 5.41) is 7.53. The third-order valence-electron chi connectivity index (χ3n) is 2.95. The Kier molecular flexibility index (Phi) is 3.45. The summed E-state index contributed by atoms with van der Waals surface area (Å²) in [5.41, 5.74) is 0.704. The number of nitrogens with zero attached hydrogens (tertiary/aromatic N) is 2. The van der Waals surface area contributed by atoms with Crippen LogP contribution in [0.3, 0.4) is 0 Å². The molecule has 0 radical (unpaired) electrons. The number of hydrogen-bond donors (Lipinski definition) is 1. The number of benzene rings is 1. The lowest BCUT2D eigenvalue weighted by atomic mass is 10.2. The Morgan fingerprint density at radius 3 is 2.41 bits per heavy atom. The SMILES string of the molecule is Cc1cc(S(=O)(=O)Nc2nnc(-c3ccccc3)o2)c(C)o1. The first kappa shape index (κ1) is 14.3. The molecule has 1 aromatic carbocycles. The molecule has 1 N–H and O–H groups in total. The second-order valence-electron chi connectivity index (χ2n) is 4.66. The Hall–Kier alpha value is -2.61. The predicted octanol–water partition coefficient (Wildman–Crippen LogP) is 2.75. The van der Waals surface area contributed by atoms with Crippen molar-refractivity contribution in [1.82, 2.24) is 10.2 Å². The van der Waals surface area contributed by atoms with E-state index in [0.29, 0.717) is 17.1 Å². The van der Waals surface area contributed by atoms with Crippen LogP contribution in [-0.4, -0.2) is 18.6 Å². The highest BCUT2D eigenvalue weighted by Gasteiger charge is 2.23. The fraction of sp³-hybridized carbons (Fsp3) is 0.143. The van der Waals surface area contributed by atoms with Crippen molar-refractivity contribution in [3.63, 3.8) is 0 Å². The molecule has 0 saturated carbocycles. The van der Waals surface area contributed by atoms with Crippen LogP contribution in [0.4, 0.5) is 6.01 Å². The molecule has 0 unspecified atom stereocenters. The van der Waals surface area contributed by atoms with E-state index < -0.39 is 10.0 Å². The van der Waals surface area contributed by atoms with Crippen molar-refractivity contribution < 1.29 is 17.3 Å². The largest absolute Gasteiger partial charge is 0.465 e. The average molecular weight is 319 g/mol. The highest BCUT2D eigenvalue weighted by Crippen LogP contribution is 2.24. The smallest absolute Gasteiger partial charge is 0.330 e. The summed E-state index contributed by atoms with van der Waals surface area (Å²) in [7, 11) is -3.83. The van der Waals surface area contributed by atoms with Crippen LogP contribution in [0.15, 0.2) is 50.1 Å². The van der Waals surface area contributed by atoms with E-state index in [9.17, 15) is 8.42 Å². The van der Waals surface area contributed by atoms with Gasteiger partial charge < -0.3 is 8.83 Å². The van der Waals surface area contributed by atoms with E-state index in [-0.39, 0.29) is 16.8 Å². The van der Waals surface area contributed by atoms with Crippen LogP contribution in [-0.2, 0) is 10.0 Å². The summed E-state index contributed by atoms with van der Waals surface area (Å²) in [4.78, 5) is 0.0458. The number of hydrogen-bond acceptors (Lipinski definition) is 6. The Morgan fingerprint density at radius 2 is 1.77 bits per heavy atom. The lowest BCUT2D eigenvalue weighted by molar-refractivity contribution is 0.496. The van der Waals surface area contributed by atoms with Crippen molar-refractivity contribution in [3.05, 3.63) is 47.9 Å². The molecule has 2 aromatic heterocycles. The van der Waals surface area contributed by atoms with Crippen LogP contribution in [0, 0.1) is 13.8 Å². The molecule has 0 spiro atoms. The maximum absolute atomic E-state index is 12.3. The van der Waals surface area contributed by atoms with E-state index in [0.717, 1.165) is 0 Å². The summed E-state index contributed by atoms with van der Waals surface area (Å²) >= 11 is 0. The number of aromatic nitrogens is 2. The average Bonchev–Trinajstić information content (AvgIpc) is 3.06. The van der Waals surface area contributed by atoms with Gasteiger partial charge in [-0.3, -0.25) is 0 Å². The van der Waals surface area contributed by atoms with Crippen LogP contribution in [0.2, 0.25) is 0 Å². The maximum Gasteiger partial charge on any atom is 0.330 e. The summed E-state index contributed by atoms with van der Waals surface area (Å²) in [5.74, 6) is 1.04. The number of anilines is 1. The summed E-state index contributed by atoms with van der Waals surface area (Å²) < 4.78 is 37.4. The van der Waals surface area contributed by atoms with Crippen LogP contribution in [0.5, 0.6) is 0 Å². The zero-order valence-electron chi connectivity index (χ0n) is 11.9. The normalized spacial score (nSPS) is 11.5. The monoisotopic (exact) mass is 319 g/mol. The van der Waals surface area contributed by atoms with Crippen molar-refractivity contribution in [1.29, 1.82) is 0 Å². The molecule has 0 fully saturated rings. The van der Waals surface area contributed by atoms with Gasteiger partial charge in [-0.25, -0.2) is 13.1 Å². The number of aryl methyl sites for hydroxylation is 2. The number of rotatable bonds is 4. The van der Waals surface area contributed by atoms with Gasteiger partial charge in [-0.2, -0.15) is 0 Å². The van der Waals surface area contributed by atoms with Gasteiger partial charge in [0.25, 0.3) is 10.0 Å². The van der Waals surface area contributed by atoms with Crippen molar-refractivity contribution in [2.24, 2.45) is 0 Å². The fourth-order valence-corrected chi connectivity index (χ4v) is 3.17. The second-order valence-corrected chi connectivity index (χ2v) is 6.31. The molecular weight excluding hydrogens is 306 g/mol. The van der Waals surface area contributed by atoms with Crippen LogP contribution in [0.1, 0.15) is 11.5 Å². The molecule has 3 aromatic rings. The van der Waals surface area contributed by atoms with Gasteiger partial charge in [0.15, 0.2) is 0 Å². The topological polar surface area (TPSA) is 98.2 Å². The first-order valence-electron chi connectivity index (χ1n) is 6.44. The first-order chi connectivity index (χ1) is 10.5. The Bertz CT molecular complexity index is 897. The van der Waals surface area contributed by atoms with Crippen molar-refractivity contribution in [2.45, 2.75) is 18.7 Å². The highest BCUT2D eigenvalue weighted by molar-refractivity contribution is 7.92. The Morgan fingerprint density at radius 1 is 1.05 bits per heavy atom. The summed E-state index contributed by atoms with van der Waals surface area (Å²) in [6.07, 6.45) is 0. The Balaban J connectivity index is 1.88. The van der Waals surface area contributed by atoms with E-state index >= 15 is 0 Å². The fourth-order valence-electron chi connectivity index (χ4n) is 2.01. The molecule has 0 atom stereocenters. The van der Waals surface area contributed by atoms with E-state index in [1.165, 1.54) is 6.07 Å². The van der Waals surface area contributed by atoms with Gasteiger partial charge in [0.2, 0.25) is 5.89 Å². The molecule has 8 heteroatoms. The van der Waals surface area contributed by atoms with E-state index in [1.807, 2.05) is 18.2 Å². The summed E-state index contributed by atoms with van der Waals surface area (Å²) in [6.45, 7) is 3.25. The minimum Gasteiger partial charge on any atom is -0.465 e. The number of furan rings is 1. The molecule has 0 aliphatic carbocycles. The van der Waals surface area contributed by atoms with Crippen molar-refractivity contribution in [2.75, 3.05) is 4.72 Å². The molecule has 7 nitrogen and oxygen atoms in total. The molecule has 3 rings (SSSR count).